The number of fused-ring (bicyclic) bond motifs is 1. The maximum absolute atomic E-state index is 12.6. The van der Waals surface area contributed by atoms with Crippen LogP contribution in [0.4, 0.5) is 11.5 Å². The molecule has 0 atom stereocenters. The van der Waals surface area contributed by atoms with Crippen molar-refractivity contribution in [2.24, 2.45) is 0 Å². The van der Waals surface area contributed by atoms with E-state index in [-0.39, 0.29) is 17.2 Å². The van der Waals surface area contributed by atoms with Gasteiger partial charge in [0.2, 0.25) is 0 Å². The average molecular weight is 458 g/mol. The molecular formula is C21H27N7O3S. The van der Waals surface area contributed by atoms with E-state index in [1.54, 1.807) is 35.6 Å². The summed E-state index contributed by atoms with van der Waals surface area (Å²) in [5.74, 6) is 0.390. The largest absolute Gasteiger partial charge is 0.369 e. The number of nitrogens with one attached hydrogen (secondary N) is 2. The molecule has 0 bridgehead atoms. The molecule has 10 nitrogen and oxygen atoms in total. The highest BCUT2D eigenvalue weighted by molar-refractivity contribution is 7.99. The highest BCUT2D eigenvalue weighted by Gasteiger charge is 2.18. The maximum atomic E-state index is 12.6. The van der Waals surface area contributed by atoms with Gasteiger partial charge in [-0.15, -0.1) is 0 Å². The van der Waals surface area contributed by atoms with Crippen molar-refractivity contribution in [2.75, 3.05) is 18.4 Å². The second-order valence-electron chi connectivity index (χ2n) is 7.52. The third-order valence-electron chi connectivity index (χ3n) is 4.71. The quantitative estimate of drug-likeness (QED) is 0.204. The molecule has 0 unspecified atom stereocenters. The predicted molar refractivity (Wildman–Crippen MR) is 125 cm³/mol. The molecule has 0 radical (unpaired) electrons. The number of anilines is 1. The molecule has 2 aromatic heterocycles. The van der Waals surface area contributed by atoms with E-state index in [1.807, 2.05) is 0 Å². The molecule has 3 rings (SSSR count). The van der Waals surface area contributed by atoms with Crippen LogP contribution in [-0.2, 0) is 6.54 Å². The second kappa shape index (κ2) is 10.4. The highest BCUT2D eigenvalue weighted by Crippen LogP contribution is 2.26. The SMILES string of the molecule is CCCNc1nc(SC(C)C)nc2c1cnn2CCNC(=O)c1cccc([N+](=O)[O-])c1C. The molecule has 0 saturated carbocycles. The lowest BCUT2D eigenvalue weighted by Crippen LogP contribution is -2.28. The van der Waals surface area contributed by atoms with Crippen molar-refractivity contribution in [2.45, 2.75) is 51.1 Å². The number of nitrogens with zero attached hydrogens (tertiary/aromatic N) is 5. The number of hydrogen-bond donors (Lipinski definition) is 2. The fourth-order valence-corrected chi connectivity index (χ4v) is 3.88. The number of nitro groups is 1. The lowest BCUT2D eigenvalue weighted by atomic mass is 10.1. The van der Waals surface area contributed by atoms with Crippen molar-refractivity contribution in [3.8, 4) is 0 Å². The van der Waals surface area contributed by atoms with Gasteiger partial charge in [-0.2, -0.15) is 5.10 Å². The maximum Gasteiger partial charge on any atom is 0.273 e. The van der Waals surface area contributed by atoms with E-state index < -0.39 is 4.92 Å². The smallest absolute Gasteiger partial charge is 0.273 e. The Kier molecular flexibility index (Phi) is 7.62. The van der Waals surface area contributed by atoms with Gasteiger partial charge in [0.1, 0.15) is 5.82 Å². The topological polar surface area (TPSA) is 128 Å². The van der Waals surface area contributed by atoms with Crippen LogP contribution in [0, 0.1) is 17.0 Å². The summed E-state index contributed by atoms with van der Waals surface area (Å²) in [7, 11) is 0. The first kappa shape index (κ1) is 23.5. The van der Waals surface area contributed by atoms with Crippen LogP contribution in [0.5, 0.6) is 0 Å². The Morgan fingerprint density at radius 2 is 2.06 bits per heavy atom. The van der Waals surface area contributed by atoms with Crippen LogP contribution in [0.15, 0.2) is 29.6 Å². The van der Waals surface area contributed by atoms with Crippen molar-refractivity contribution < 1.29 is 9.72 Å². The zero-order chi connectivity index (χ0) is 23.3. The summed E-state index contributed by atoms with van der Waals surface area (Å²) >= 11 is 1.58. The van der Waals surface area contributed by atoms with Crippen molar-refractivity contribution >= 4 is 40.2 Å². The van der Waals surface area contributed by atoms with Gasteiger partial charge in [0.05, 0.1) is 23.1 Å². The van der Waals surface area contributed by atoms with Gasteiger partial charge in [-0.25, -0.2) is 14.6 Å². The van der Waals surface area contributed by atoms with Crippen LogP contribution in [0.2, 0.25) is 0 Å². The van der Waals surface area contributed by atoms with E-state index in [9.17, 15) is 14.9 Å². The Morgan fingerprint density at radius 1 is 1.28 bits per heavy atom. The van der Waals surface area contributed by atoms with Gasteiger partial charge in [0, 0.05) is 35.5 Å². The van der Waals surface area contributed by atoms with Gasteiger partial charge in [-0.3, -0.25) is 14.9 Å². The van der Waals surface area contributed by atoms with Crippen LogP contribution in [0.25, 0.3) is 11.0 Å². The van der Waals surface area contributed by atoms with Gasteiger partial charge in [-0.1, -0.05) is 38.6 Å². The van der Waals surface area contributed by atoms with E-state index in [0.717, 1.165) is 24.2 Å². The molecule has 2 N–H and O–H groups in total. The van der Waals surface area contributed by atoms with Crippen LogP contribution in [0.3, 0.4) is 0 Å². The van der Waals surface area contributed by atoms with Crippen molar-refractivity contribution in [1.82, 2.24) is 25.1 Å². The molecule has 2 heterocycles. The fraction of sp³-hybridized carbons (Fsp3) is 0.429. The van der Waals surface area contributed by atoms with Crippen LogP contribution in [-0.4, -0.2) is 48.9 Å². The second-order valence-corrected chi connectivity index (χ2v) is 9.06. The molecule has 170 valence electrons. The molecule has 0 aliphatic rings. The zero-order valence-electron chi connectivity index (χ0n) is 18.6. The number of thioether (sulfide) groups is 1. The summed E-state index contributed by atoms with van der Waals surface area (Å²) in [5.41, 5.74) is 1.25. The van der Waals surface area contributed by atoms with Crippen LogP contribution >= 0.6 is 11.8 Å². The summed E-state index contributed by atoms with van der Waals surface area (Å²) in [4.78, 5) is 32.5. The molecule has 1 aromatic carbocycles. The molecule has 11 heteroatoms. The minimum absolute atomic E-state index is 0.0743. The van der Waals surface area contributed by atoms with E-state index in [4.69, 9.17) is 0 Å². The van der Waals surface area contributed by atoms with Crippen LogP contribution in [0.1, 0.15) is 43.1 Å². The lowest BCUT2D eigenvalue weighted by molar-refractivity contribution is -0.385. The Bertz CT molecular complexity index is 1130. The van der Waals surface area contributed by atoms with Crippen LogP contribution < -0.4 is 10.6 Å². The molecular weight excluding hydrogens is 430 g/mol. The molecule has 0 aliphatic carbocycles. The van der Waals surface area contributed by atoms with Gasteiger partial charge < -0.3 is 10.6 Å². The number of nitro benzene ring substituents is 1. The zero-order valence-corrected chi connectivity index (χ0v) is 19.4. The number of amides is 1. The standard InChI is InChI=1S/C21H27N7O3S/c1-5-9-22-18-16-12-24-27(19(16)26-21(25-18)32-13(2)3)11-10-23-20(29)15-7-6-8-17(14(15)4)28(30)31/h6-8,12-13H,5,9-11H2,1-4H3,(H,23,29)(H,22,25,26). The Labute approximate surface area is 190 Å². The number of hydrogen-bond acceptors (Lipinski definition) is 8. The molecule has 0 aliphatic heterocycles. The summed E-state index contributed by atoms with van der Waals surface area (Å²) < 4.78 is 1.74. The van der Waals surface area contributed by atoms with E-state index in [0.29, 0.717) is 34.7 Å². The molecule has 0 saturated heterocycles. The highest BCUT2D eigenvalue weighted by atomic mass is 32.2. The summed E-state index contributed by atoms with van der Waals surface area (Å²) in [6.45, 7) is 9.32. The van der Waals surface area contributed by atoms with Crippen molar-refractivity contribution in [1.29, 1.82) is 0 Å². The Hall–Kier alpha value is -3.21. The molecule has 32 heavy (non-hydrogen) atoms. The molecule has 1 amide bonds. The third kappa shape index (κ3) is 5.34. The fourth-order valence-electron chi connectivity index (χ4n) is 3.18. The third-order valence-corrected chi connectivity index (χ3v) is 5.58. The van der Waals surface area contributed by atoms with E-state index in [2.05, 4.69) is 46.5 Å². The number of carbonyl (C=O) groups excluding carboxylic acids is 1. The summed E-state index contributed by atoms with van der Waals surface area (Å²) in [6.07, 6.45) is 2.69. The summed E-state index contributed by atoms with van der Waals surface area (Å²) in [6, 6.07) is 4.48. The first-order chi connectivity index (χ1) is 15.3. The molecule has 0 fully saturated rings. The molecule has 0 spiro atoms. The Morgan fingerprint density at radius 3 is 2.75 bits per heavy atom. The van der Waals surface area contributed by atoms with Gasteiger partial charge in [0.15, 0.2) is 10.8 Å². The minimum atomic E-state index is -0.487. The number of benzene rings is 1. The predicted octanol–water partition coefficient (Wildman–Crippen LogP) is 3.80. The van der Waals surface area contributed by atoms with Gasteiger partial charge in [0.25, 0.3) is 11.6 Å². The number of rotatable bonds is 10. The first-order valence-electron chi connectivity index (χ1n) is 10.5. The van der Waals surface area contributed by atoms with Gasteiger partial charge in [-0.05, 0) is 19.4 Å². The lowest BCUT2D eigenvalue weighted by Gasteiger charge is -2.11. The van der Waals surface area contributed by atoms with E-state index in [1.165, 1.54) is 12.1 Å². The summed E-state index contributed by atoms with van der Waals surface area (Å²) in [5, 5.41) is 23.5. The number of aromatic nitrogens is 4. The first-order valence-corrected chi connectivity index (χ1v) is 11.4. The monoisotopic (exact) mass is 457 g/mol. The normalized spacial score (nSPS) is 11.2. The minimum Gasteiger partial charge on any atom is -0.369 e. The van der Waals surface area contributed by atoms with Crippen molar-refractivity contribution in [3.63, 3.8) is 0 Å². The Balaban J connectivity index is 1.77. The average Bonchev–Trinajstić information content (AvgIpc) is 3.14. The van der Waals surface area contributed by atoms with E-state index >= 15 is 0 Å². The van der Waals surface area contributed by atoms with Crippen molar-refractivity contribution in [3.05, 3.63) is 45.6 Å². The van der Waals surface area contributed by atoms with Gasteiger partial charge >= 0.3 is 0 Å². The number of carbonyl (C=O) groups is 1. The molecule has 3 aromatic rings.